The lowest BCUT2D eigenvalue weighted by Gasteiger charge is -2.56. The highest BCUT2D eigenvalue weighted by Gasteiger charge is 2.66. The summed E-state index contributed by atoms with van der Waals surface area (Å²) in [5.41, 5.74) is 2.84. The van der Waals surface area contributed by atoms with Gasteiger partial charge in [0.1, 0.15) is 0 Å². The lowest BCUT2D eigenvalue weighted by atomic mass is 9.49. The van der Waals surface area contributed by atoms with Gasteiger partial charge in [0, 0.05) is 31.0 Å². The van der Waals surface area contributed by atoms with Crippen LogP contribution in [0.3, 0.4) is 0 Å². The third kappa shape index (κ3) is 4.08. The van der Waals surface area contributed by atoms with Crippen LogP contribution in [0.4, 0.5) is 0 Å². The number of nitrogens with one attached hydrogen (secondary N) is 1. The molecular formula is C35H50N2O3S. The molecule has 3 atom stereocenters. The topological polar surface area (TPSA) is 66.5 Å². The van der Waals surface area contributed by atoms with Crippen LogP contribution < -0.4 is 5.32 Å². The Balaban J connectivity index is 0.979. The minimum absolute atomic E-state index is 0.0229. The van der Waals surface area contributed by atoms with E-state index < -0.39 is 10.0 Å². The van der Waals surface area contributed by atoms with Crippen LogP contribution in [0, 0.1) is 39.9 Å². The average Bonchev–Trinajstić information content (AvgIpc) is 3.44. The van der Waals surface area contributed by atoms with Crippen LogP contribution in [0.15, 0.2) is 24.3 Å². The number of carbonyl (C=O) groups is 1. The van der Waals surface area contributed by atoms with Crippen LogP contribution in [0.1, 0.15) is 108 Å². The number of carbonyl (C=O) groups excluding carboxylic acids is 1. The fourth-order valence-electron chi connectivity index (χ4n) is 12.6. The quantitative estimate of drug-likeness (QED) is 0.436. The van der Waals surface area contributed by atoms with Crippen LogP contribution in [-0.4, -0.2) is 43.5 Å². The minimum Gasteiger partial charge on any atom is -0.353 e. The Morgan fingerprint density at radius 3 is 2.24 bits per heavy atom. The third-order valence-electron chi connectivity index (χ3n) is 14.4. The van der Waals surface area contributed by atoms with Crippen LogP contribution in [0.25, 0.3) is 0 Å². The van der Waals surface area contributed by atoms with E-state index in [4.69, 9.17) is 0 Å². The summed E-state index contributed by atoms with van der Waals surface area (Å²) in [7, 11) is -3.44. The van der Waals surface area contributed by atoms with Gasteiger partial charge in [-0.2, -0.15) is 0 Å². The molecule has 5 nitrogen and oxygen atoms in total. The highest BCUT2D eigenvalue weighted by Crippen LogP contribution is 2.67. The van der Waals surface area contributed by atoms with E-state index in [2.05, 4.69) is 43.4 Å². The molecule has 7 aliphatic carbocycles. The standard InChI is InChI=1S/C35H50N2O3S/c1-32(2)28-8-10-35(32,30(18-28)36-31(38)22-33-19-24-15-25(20-33)17-26(16-24)21-33)23-41(39,40)37-13-11-34(12-14-37)9-7-27-5-3-4-6-29(27)34/h3-6,24-26,28,30H,7-23H2,1-2H3,(H,36,38)/t24?,25?,26?,28-,30+,33?,35-/m1/s1. The molecule has 6 heteroatoms. The predicted octanol–water partition coefficient (Wildman–Crippen LogP) is 6.21. The van der Waals surface area contributed by atoms with E-state index in [-0.39, 0.29) is 39.4 Å². The molecule has 0 aromatic heterocycles. The van der Waals surface area contributed by atoms with Gasteiger partial charge in [0.25, 0.3) is 0 Å². The van der Waals surface area contributed by atoms with Crippen molar-refractivity contribution in [3.63, 3.8) is 0 Å². The Morgan fingerprint density at radius 2 is 1.59 bits per heavy atom. The molecular weight excluding hydrogens is 528 g/mol. The number of benzene rings is 1. The van der Waals surface area contributed by atoms with E-state index in [1.54, 1.807) is 0 Å². The van der Waals surface area contributed by atoms with Crippen LogP contribution in [-0.2, 0) is 26.7 Å². The molecule has 6 bridgehead atoms. The second-order valence-electron chi connectivity index (χ2n) is 16.7. The van der Waals surface area contributed by atoms with E-state index in [0.29, 0.717) is 25.4 Å². The smallest absolute Gasteiger partial charge is 0.220 e. The molecule has 9 rings (SSSR count). The molecule has 41 heavy (non-hydrogen) atoms. The maximum absolute atomic E-state index is 14.2. The van der Waals surface area contributed by atoms with Gasteiger partial charge in [-0.15, -0.1) is 0 Å². The van der Waals surface area contributed by atoms with Crippen molar-refractivity contribution in [2.45, 2.75) is 115 Å². The van der Waals surface area contributed by atoms with E-state index in [0.717, 1.165) is 62.7 Å². The van der Waals surface area contributed by atoms with Gasteiger partial charge in [-0.05, 0) is 135 Å². The third-order valence-corrected chi connectivity index (χ3v) is 16.5. The van der Waals surface area contributed by atoms with E-state index in [1.807, 2.05) is 4.31 Å². The lowest BCUT2D eigenvalue weighted by molar-refractivity contribution is -0.131. The molecule has 1 aromatic rings. The second-order valence-corrected chi connectivity index (χ2v) is 18.6. The van der Waals surface area contributed by atoms with Crippen molar-refractivity contribution >= 4 is 15.9 Å². The summed E-state index contributed by atoms with van der Waals surface area (Å²) in [6.45, 7) is 5.84. The molecule has 1 spiro atoms. The maximum atomic E-state index is 14.2. The molecule has 1 aromatic carbocycles. The first-order valence-corrected chi connectivity index (χ1v) is 18.5. The Morgan fingerprint density at radius 1 is 0.927 bits per heavy atom. The lowest BCUT2D eigenvalue weighted by Crippen LogP contribution is -2.56. The zero-order valence-electron chi connectivity index (χ0n) is 25.3. The summed E-state index contributed by atoms with van der Waals surface area (Å²) >= 11 is 0. The molecule has 1 N–H and O–H groups in total. The van der Waals surface area contributed by atoms with Crippen molar-refractivity contribution in [2.24, 2.45) is 39.9 Å². The van der Waals surface area contributed by atoms with Gasteiger partial charge in [-0.3, -0.25) is 4.79 Å². The number of hydrogen-bond acceptors (Lipinski definition) is 3. The number of aryl methyl sites for hydroxylation is 1. The normalized spacial score (nSPS) is 41.7. The number of nitrogens with zero attached hydrogens (tertiary/aromatic N) is 1. The average molecular weight is 579 g/mol. The van der Waals surface area contributed by atoms with Gasteiger partial charge < -0.3 is 5.32 Å². The second kappa shape index (κ2) is 9.06. The summed E-state index contributed by atoms with van der Waals surface area (Å²) in [5.74, 6) is 3.41. The first-order valence-electron chi connectivity index (χ1n) is 16.9. The largest absolute Gasteiger partial charge is 0.353 e. The van der Waals surface area contributed by atoms with Crippen molar-refractivity contribution in [1.29, 1.82) is 0 Å². The van der Waals surface area contributed by atoms with E-state index >= 15 is 0 Å². The van der Waals surface area contributed by atoms with Crippen molar-refractivity contribution in [2.75, 3.05) is 18.8 Å². The Kier molecular flexibility index (Phi) is 6.01. The summed E-state index contributed by atoms with van der Waals surface area (Å²) in [6.07, 6.45) is 15.6. The monoisotopic (exact) mass is 578 g/mol. The Bertz CT molecular complexity index is 1310. The summed E-state index contributed by atoms with van der Waals surface area (Å²) in [5, 5.41) is 3.54. The molecule has 0 unspecified atom stereocenters. The van der Waals surface area contributed by atoms with Gasteiger partial charge in [-0.25, -0.2) is 12.7 Å². The maximum Gasteiger partial charge on any atom is 0.220 e. The molecule has 1 amide bonds. The number of rotatable bonds is 6. The predicted molar refractivity (Wildman–Crippen MR) is 162 cm³/mol. The Labute approximate surface area is 247 Å². The molecule has 1 heterocycles. The highest BCUT2D eigenvalue weighted by molar-refractivity contribution is 7.89. The Hall–Kier alpha value is -1.40. The molecule has 6 saturated carbocycles. The number of sulfonamides is 1. The highest BCUT2D eigenvalue weighted by atomic mass is 32.2. The number of piperidine rings is 1. The SMILES string of the molecule is CC1(C)[C@@H]2CC[C@@]1(CS(=O)(=O)N1CCC3(CCc4ccccc43)CC1)[C@@H](NC(=O)CC13CC4CC(CC(C4)C1)C3)C2. The van der Waals surface area contributed by atoms with Gasteiger partial charge in [-0.1, -0.05) is 38.1 Å². The molecule has 1 saturated heterocycles. The zero-order chi connectivity index (χ0) is 28.3. The number of hydrogen-bond donors (Lipinski definition) is 1. The number of amides is 1. The van der Waals surface area contributed by atoms with Crippen molar-refractivity contribution in [3.8, 4) is 0 Å². The molecule has 8 aliphatic rings. The van der Waals surface area contributed by atoms with Crippen LogP contribution in [0.5, 0.6) is 0 Å². The fraction of sp³-hybridized carbons (Fsp3) is 0.800. The molecule has 7 fully saturated rings. The summed E-state index contributed by atoms with van der Waals surface area (Å²) in [4.78, 5) is 13.8. The van der Waals surface area contributed by atoms with E-state index in [1.165, 1.54) is 49.7 Å². The number of fused-ring (bicyclic) bond motifs is 4. The van der Waals surface area contributed by atoms with Gasteiger partial charge in [0.05, 0.1) is 5.75 Å². The first-order chi connectivity index (χ1) is 19.5. The van der Waals surface area contributed by atoms with Gasteiger partial charge >= 0.3 is 0 Å². The zero-order valence-corrected chi connectivity index (χ0v) is 26.1. The first kappa shape index (κ1) is 27.2. The summed E-state index contributed by atoms with van der Waals surface area (Å²) < 4.78 is 30.2. The van der Waals surface area contributed by atoms with Gasteiger partial charge in [0.2, 0.25) is 15.9 Å². The van der Waals surface area contributed by atoms with E-state index in [9.17, 15) is 13.2 Å². The van der Waals surface area contributed by atoms with Crippen LogP contribution in [0.2, 0.25) is 0 Å². The molecule has 224 valence electrons. The minimum atomic E-state index is -3.44. The van der Waals surface area contributed by atoms with Crippen molar-refractivity contribution in [3.05, 3.63) is 35.4 Å². The van der Waals surface area contributed by atoms with Crippen molar-refractivity contribution in [1.82, 2.24) is 9.62 Å². The molecule has 1 aliphatic heterocycles. The fourth-order valence-corrected chi connectivity index (χ4v) is 14.9. The van der Waals surface area contributed by atoms with Gasteiger partial charge in [0.15, 0.2) is 0 Å². The molecule has 0 radical (unpaired) electrons. The summed E-state index contributed by atoms with van der Waals surface area (Å²) in [6, 6.07) is 8.79. The van der Waals surface area contributed by atoms with Crippen molar-refractivity contribution < 1.29 is 13.2 Å². The van der Waals surface area contributed by atoms with Crippen LogP contribution >= 0.6 is 0 Å².